The van der Waals surface area contributed by atoms with E-state index < -0.39 is 11.1 Å². The number of carbonyl (C=O) groups is 3. The van der Waals surface area contributed by atoms with Crippen LogP contribution in [0.25, 0.3) is 6.08 Å². The van der Waals surface area contributed by atoms with Gasteiger partial charge in [0.2, 0.25) is 5.91 Å². The Labute approximate surface area is 159 Å². The van der Waals surface area contributed by atoms with E-state index in [2.05, 4.69) is 21.2 Å². The Morgan fingerprint density at radius 1 is 1.40 bits per heavy atom. The molecule has 1 aliphatic rings. The molecule has 1 saturated heterocycles. The highest BCUT2D eigenvalue weighted by Crippen LogP contribution is 2.33. The van der Waals surface area contributed by atoms with Gasteiger partial charge in [0.1, 0.15) is 12.3 Å². The number of rotatable bonds is 7. The molecule has 1 aliphatic heterocycles. The molecule has 1 aromatic carbocycles. The molecule has 0 aromatic heterocycles. The number of hydrogen-bond acceptors (Lipinski definition) is 5. The fourth-order valence-corrected chi connectivity index (χ4v) is 3.56. The van der Waals surface area contributed by atoms with Crippen molar-refractivity contribution in [3.8, 4) is 5.75 Å². The van der Waals surface area contributed by atoms with Gasteiger partial charge in [-0.25, -0.2) is 0 Å². The Balaban J connectivity index is 2.07. The Hall–Kier alpha value is -1.80. The molecule has 6 nitrogen and oxygen atoms in total. The maximum atomic E-state index is 12.4. The van der Waals surface area contributed by atoms with Crippen LogP contribution in [0.3, 0.4) is 0 Å². The molecular weight excluding hydrogens is 408 g/mol. The van der Waals surface area contributed by atoms with E-state index in [1.165, 1.54) is 0 Å². The number of hydrogen-bond donors (Lipinski definition) is 1. The maximum Gasteiger partial charge on any atom is 0.294 e. The summed E-state index contributed by atoms with van der Waals surface area (Å²) < 4.78 is 5.91. The lowest BCUT2D eigenvalue weighted by Crippen LogP contribution is -2.39. The summed E-state index contributed by atoms with van der Waals surface area (Å²) in [6, 6.07) is 5.35. The van der Waals surface area contributed by atoms with Gasteiger partial charge >= 0.3 is 0 Å². The van der Waals surface area contributed by atoms with E-state index in [-0.39, 0.29) is 12.5 Å². The maximum absolute atomic E-state index is 12.4. The first kappa shape index (κ1) is 19.5. The highest BCUT2D eigenvalue weighted by atomic mass is 79.9. The van der Waals surface area contributed by atoms with Crippen LogP contribution in [0.5, 0.6) is 5.75 Å². The second-order valence-corrected chi connectivity index (χ2v) is 7.21. The third-order valence-corrected chi connectivity index (χ3v) is 5.03. The summed E-state index contributed by atoms with van der Waals surface area (Å²) in [7, 11) is 1.57. The summed E-state index contributed by atoms with van der Waals surface area (Å²) >= 11 is 4.22. The minimum Gasteiger partial charge on any atom is -0.496 e. The summed E-state index contributed by atoms with van der Waals surface area (Å²) in [5, 5.41) is 2.27. The number of methoxy groups -OCH3 is 1. The number of carbonyl (C=O) groups excluding carboxylic acids is 3. The zero-order chi connectivity index (χ0) is 18.4. The number of nitrogens with zero attached hydrogens (tertiary/aromatic N) is 1. The van der Waals surface area contributed by atoms with E-state index in [4.69, 9.17) is 4.74 Å². The van der Waals surface area contributed by atoms with Gasteiger partial charge in [-0.3, -0.25) is 19.3 Å². The smallest absolute Gasteiger partial charge is 0.294 e. The zero-order valence-corrected chi connectivity index (χ0v) is 16.4. The van der Waals surface area contributed by atoms with Crippen molar-refractivity contribution < 1.29 is 19.1 Å². The lowest BCUT2D eigenvalue weighted by atomic mass is 10.2. The average Bonchev–Trinajstić information content (AvgIpc) is 2.83. The molecule has 25 heavy (non-hydrogen) atoms. The zero-order valence-electron chi connectivity index (χ0n) is 14.0. The number of thioether (sulfide) groups is 1. The van der Waals surface area contributed by atoms with Crippen molar-refractivity contribution in [3.05, 3.63) is 33.1 Å². The fourth-order valence-electron chi connectivity index (χ4n) is 2.16. The molecule has 0 bridgehead atoms. The van der Waals surface area contributed by atoms with Crippen LogP contribution in [-0.2, 0) is 9.59 Å². The lowest BCUT2D eigenvalue weighted by Gasteiger charge is -2.12. The Morgan fingerprint density at radius 2 is 2.16 bits per heavy atom. The van der Waals surface area contributed by atoms with Crippen LogP contribution in [0.1, 0.15) is 25.3 Å². The normalized spacial score (nSPS) is 15.8. The lowest BCUT2D eigenvalue weighted by molar-refractivity contribution is -0.129. The van der Waals surface area contributed by atoms with Crippen LogP contribution in [0, 0.1) is 0 Å². The Kier molecular flexibility index (Phi) is 7.07. The molecular formula is C17H19BrN2O4S. The third kappa shape index (κ3) is 5.09. The fraction of sp³-hybridized carbons (Fsp3) is 0.353. The van der Waals surface area contributed by atoms with Crippen molar-refractivity contribution in [1.29, 1.82) is 0 Å². The molecule has 1 heterocycles. The monoisotopic (exact) mass is 426 g/mol. The van der Waals surface area contributed by atoms with Gasteiger partial charge in [-0.15, -0.1) is 0 Å². The predicted molar refractivity (Wildman–Crippen MR) is 101 cm³/mol. The minimum atomic E-state index is -0.451. The second kappa shape index (κ2) is 9.05. The molecule has 0 spiro atoms. The molecule has 0 aliphatic carbocycles. The summed E-state index contributed by atoms with van der Waals surface area (Å²) in [4.78, 5) is 37.5. The Bertz CT molecular complexity index is 721. The van der Waals surface area contributed by atoms with Gasteiger partial charge in [0.05, 0.1) is 16.5 Å². The third-order valence-electron chi connectivity index (χ3n) is 3.50. The number of amides is 3. The summed E-state index contributed by atoms with van der Waals surface area (Å²) in [5.74, 6) is -0.106. The van der Waals surface area contributed by atoms with Gasteiger partial charge in [0.15, 0.2) is 0 Å². The molecule has 134 valence electrons. The molecule has 0 radical (unpaired) electrons. The molecule has 8 heteroatoms. The first-order chi connectivity index (χ1) is 12.0. The van der Waals surface area contributed by atoms with Crippen molar-refractivity contribution >= 4 is 50.8 Å². The number of ether oxygens (including phenoxy) is 1. The number of benzene rings is 1. The van der Waals surface area contributed by atoms with Gasteiger partial charge in [0.25, 0.3) is 11.1 Å². The Morgan fingerprint density at radius 3 is 2.80 bits per heavy atom. The van der Waals surface area contributed by atoms with E-state index >= 15 is 0 Å². The van der Waals surface area contributed by atoms with Gasteiger partial charge in [-0.05, 0) is 57.9 Å². The van der Waals surface area contributed by atoms with Crippen molar-refractivity contribution in [2.24, 2.45) is 0 Å². The summed E-state index contributed by atoms with van der Waals surface area (Å²) in [5.41, 5.74) is 0.755. The van der Waals surface area contributed by atoms with Gasteiger partial charge < -0.3 is 10.1 Å². The quantitative estimate of drug-likeness (QED) is 0.533. The first-order valence-corrected chi connectivity index (χ1v) is 9.42. The molecule has 1 N–H and O–H groups in total. The van der Waals surface area contributed by atoms with Crippen LogP contribution in [-0.4, -0.2) is 42.2 Å². The summed E-state index contributed by atoms with van der Waals surface area (Å²) in [6.07, 6.45) is 3.45. The van der Waals surface area contributed by atoms with Gasteiger partial charge in [-0.2, -0.15) is 0 Å². The van der Waals surface area contributed by atoms with Crippen LogP contribution in [0.2, 0.25) is 0 Å². The van der Waals surface area contributed by atoms with Gasteiger partial charge in [-0.1, -0.05) is 19.4 Å². The van der Waals surface area contributed by atoms with Crippen molar-refractivity contribution in [3.63, 3.8) is 0 Å². The van der Waals surface area contributed by atoms with E-state index in [0.29, 0.717) is 17.2 Å². The molecule has 2 rings (SSSR count). The number of nitrogens with one attached hydrogen (secondary N) is 1. The van der Waals surface area contributed by atoms with Crippen LogP contribution < -0.4 is 10.1 Å². The molecule has 3 amide bonds. The van der Waals surface area contributed by atoms with Crippen molar-refractivity contribution in [2.75, 3.05) is 20.2 Å². The molecule has 0 saturated carbocycles. The highest BCUT2D eigenvalue weighted by Gasteiger charge is 2.36. The SMILES string of the molecule is CCCCNC(=O)CN1C(=O)S/C(=C\c2ccc(OC)c(Br)c2)C1=O. The van der Waals surface area contributed by atoms with E-state index in [9.17, 15) is 14.4 Å². The minimum absolute atomic E-state index is 0.252. The molecule has 0 unspecified atom stereocenters. The van der Waals surface area contributed by atoms with Crippen molar-refractivity contribution in [2.45, 2.75) is 19.8 Å². The largest absolute Gasteiger partial charge is 0.496 e. The predicted octanol–water partition coefficient (Wildman–Crippen LogP) is 3.41. The summed E-state index contributed by atoms with van der Waals surface area (Å²) in [6.45, 7) is 2.31. The standard InChI is InChI=1S/C17H19BrN2O4S/c1-3-4-7-19-15(21)10-20-16(22)14(25-17(20)23)9-11-5-6-13(24-2)12(18)8-11/h5-6,8-9H,3-4,7,10H2,1-2H3,(H,19,21)/b14-9-. The number of unbranched alkanes of at least 4 members (excludes halogenated alkanes) is 1. The first-order valence-electron chi connectivity index (χ1n) is 7.82. The highest BCUT2D eigenvalue weighted by molar-refractivity contribution is 9.10. The molecule has 1 fully saturated rings. The number of halogens is 1. The average molecular weight is 427 g/mol. The molecule has 1 aromatic rings. The van der Waals surface area contributed by atoms with Gasteiger partial charge in [0, 0.05) is 6.54 Å². The molecule has 0 atom stereocenters. The van der Waals surface area contributed by atoms with E-state index in [1.807, 2.05) is 6.92 Å². The van der Waals surface area contributed by atoms with Crippen LogP contribution in [0.15, 0.2) is 27.6 Å². The van der Waals surface area contributed by atoms with Crippen molar-refractivity contribution in [1.82, 2.24) is 10.2 Å². The van der Waals surface area contributed by atoms with Crippen LogP contribution >= 0.6 is 27.7 Å². The topological polar surface area (TPSA) is 75.7 Å². The second-order valence-electron chi connectivity index (χ2n) is 5.37. The number of imide groups is 1. The van der Waals surface area contributed by atoms with E-state index in [0.717, 1.165) is 39.5 Å². The van der Waals surface area contributed by atoms with Crippen LogP contribution in [0.4, 0.5) is 4.79 Å². The van der Waals surface area contributed by atoms with E-state index in [1.54, 1.807) is 31.4 Å².